The van der Waals surface area contributed by atoms with Crippen molar-refractivity contribution in [1.82, 2.24) is 9.55 Å². The third-order valence-corrected chi connectivity index (χ3v) is 5.87. The van der Waals surface area contributed by atoms with Crippen molar-refractivity contribution in [3.63, 3.8) is 0 Å². The van der Waals surface area contributed by atoms with Crippen molar-refractivity contribution in [2.45, 2.75) is 11.7 Å². The lowest BCUT2D eigenvalue weighted by Gasteiger charge is -2.09. The van der Waals surface area contributed by atoms with E-state index in [0.29, 0.717) is 21.9 Å². The molecule has 0 fully saturated rings. The molecular formula is C15H13N3O2S3. The second-order valence-corrected chi connectivity index (χ2v) is 7.41. The highest BCUT2D eigenvalue weighted by Gasteiger charge is 2.17. The first-order valence-corrected chi connectivity index (χ1v) is 9.44. The van der Waals surface area contributed by atoms with Crippen LogP contribution < -0.4 is 11.3 Å². The third-order valence-electron chi connectivity index (χ3n) is 3.10. The average Bonchev–Trinajstić information content (AvgIpc) is 3.16. The van der Waals surface area contributed by atoms with Crippen LogP contribution in [0.3, 0.4) is 0 Å². The molecule has 3 aromatic rings. The quantitative estimate of drug-likeness (QED) is 0.415. The maximum Gasteiger partial charge on any atom is 0.263 e. The van der Waals surface area contributed by atoms with Crippen LogP contribution in [0.5, 0.6) is 0 Å². The largest absolute Gasteiger partial charge is 0.369 e. The van der Waals surface area contributed by atoms with Crippen molar-refractivity contribution in [2.24, 2.45) is 5.73 Å². The number of hydrogen-bond acceptors (Lipinski definition) is 6. The molecule has 23 heavy (non-hydrogen) atoms. The van der Waals surface area contributed by atoms with Gasteiger partial charge in [-0.15, -0.1) is 29.3 Å². The van der Waals surface area contributed by atoms with Crippen molar-refractivity contribution in [1.29, 1.82) is 0 Å². The molecule has 3 heterocycles. The van der Waals surface area contributed by atoms with Crippen LogP contribution in [0, 0.1) is 0 Å². The van der Waals surface area contributed by atoms with E-state index in [4.69, 9.17) is 5.73 Å². The van der Waals surface area contributed by atoms with E-state index in [0.717, 1.165) is 10.4 Å². The molecule has 3 aromatic heterocycles. The van der Waals surface area contributed by atoms with E-state index >= 15 is 0 Å². The van der Waals surface area contributed by atoms with Gasteiger partial charge in [-0.3, -0.25) is 14.2 Å². The first-order valence-electron chi connectivity index (χ1n) is 6.69. The molecule has 0 saturated heterocycles. The molecular weight excluding hydrogens is 350 g/mol. The first-order chi connectivity index (χ1) is 11.1. The molecule has 0 unspecified atom stereocenters. The Morgan fingerprint density at radius 1 is 1.48 bits per heavy atom. The molecule has 0 aliphatic heterocycles. The summed E-state index contributed by atoms with van der Waals surface area (Å²) in [6.45, 7) is 4.03. The van der Waals surface area contributed by atoms with E-state index < -0.39 is 5.91 Å². The zero-order chi connectivity index (χ0) is 16.4. The standard InChI is InChI=1S/C15H13N3O2S3/c1-2-5-18-14(20)12-9(10-4-3-6-21-10)7-22-13(12)17-15(18)23-8-11(16)19/h2-4,6-7H,1,5,8H2,(H2,16,19). The Kier molecular flexibility index (Phi) is 4.65. The Morgan fingerprint density at radius 3 is 2.96 bits per heavy atom. The van der Waals surface area contributed by atoms with Gasteiger partial charge >= 0.3 is 0 Å². The zero-order valence-corrected chi connectivity index (χ0v) is 14.5. The SMILES string of the molecule is C=CCn1c(SCC(N)=O)nc2scc(-c3cccs3)c2c1=O. The number of primary amides is 1. The van der Waals surface area contributed by atoms with Crippen LogP contribution in [0.15, 0.2) is 45.5 Å². The van der Waals surface area contributed by atoms with Crippen LogP contribution in [0.2, 0.25) is 0 Å². The molecule has 2 N–H and O–H groups in total. The number of thiophene rings is 2. The molecule has 0 aliphatic carbocycles. The van der Waals surface area contributed by atoms with E-state index in [1.54, 1.807) is 17.4 Å². The molecule has 0 spiro atoms. The lowest BCUT2D eigenvalue weighted by atomic mass is 10.2. The van der Waals surface area contributed by atoms with Gasteiger partial charge in [-0.1, -0.05) is 23.9 Å². The first kappa shape index (κ1) is 16.0. The minimum Gasteiger partial charge on any atom is -0.369 e. The van der Waals surface area contributed by atoms with Crippen LogP contribution in [-0.2, 0) is 11.3 Å². The maximum absolute atomic E-state index is 12.9. The molecule has 0 aromatic carbocycles. The Morgan fingerprint density at radius 2 is 2.30 bits per heavy atom. The summed E-state index contributed by atoms with van der Waals surface area (Å²) in [4.78, 5) is 30.2. The van der Waals surface area contributed by atoms with E-state index in [1.807, 2.05) is 22.9 Å². The fourth-order valence-corrected chi connectivity index (χ4v) is 4.71. The summed E-state index contributed by atoms with van der Waals surface area (Å²) in [5.74, 6) is -0.363. The highest BCUT2D eigenvalue weighted by molar-refractivity contribution is 7.99. The Hall–Kier alpha value is -1.90. The fourth-order valence-electron chi connectivity index (χ4n) is 2.15. The molecule has 0 radical (unpaired) electrons. The van der Waals surface area contributed by atoms with E-state index in [2.05, 4.69) is 11.6 Å². The summed E-state index contributed by atoms with van der Waals surface area (Å²) >= 11 is 4.18. The Bertz CT molecular complexity index is 925. The molecule has 8 heteroatoms. The number of thioether (sulfide) groups is 1. The van der Waals surface area contributed by atoms with Crippen molar-refractivity contribution < 1.29 is 4.79 Å². The van der Waals surface area contributed by atoms with Crippen LogP contribution in [-0.4, -0.2) is 21.2 Å². The smallest absolute Gasteiger partial charge is 0.263 e. The number of hydrogen-bond donors (Lipinski definition) is 1. The zero-order valence-electron chi connectivity index (χ0n) is 12.0. The number of carbonyl (C=O) groups excluding carboxylic acids is 1. The third kappa shape index (κ3) is 3.10. The normalized spacial score (nSPS) is 11.0. The Labute approximate surface area is 144 Å². The van der Waals surface area contributed by atoms with Crippen molar-refractivity contribution in [3.8, 4) is 10.4 Å². The van der Waals surface area contributed by atoms with E-state index in [1.165, 1.54) is 27.7 Å². The van der Waals surface area contributed by atoms with Gasteiger partial charge in [-0.2, -0.15) is 0 Å². The summed E-state index contributed by atoms with van der Waals surface area (Å²) in [6, 6.07) is 3.94. The number of aromatic nitrogens is 2. The van der Waals surface area contributed by atoms with Crippen molar-refractivity contribution >= 4 is 50.6 Å². The van der Waals surface area contributed by atoms with Gasteiger partial charge in [0.25, 0.3) is 5.56 Å². The summed E-state index contributed by atoms with van der Waals surface area (Å²) in [5, 5.41) is 5.03. The van der Waals surface area contributed by atoms with Gasteiger partial charge < -0.3 is 5.73 Å². The van der Waals surface area contributed by atoms with Crippen molar-refractivity contribution in [2.75, 3.05) is 5.75 Å². The predicted molar refractivity (Wildman–Crippen MR) is 97.3 cm³/mol. The van der Waals surface area contributed by atoms with Crippen LogP contribution in [0.1, 0.15) is 0 Å². The molecule has 5 nitrogen and oxygen atoms in total. The molecule has 3 rings (SSSR count). The molecule has 0 aliphatic rings. The maximum atomic E-state index is 12.9. The van der Waals surface area contributed by atoms with Gasteiger partial charge in [0.1, 0.15) is 4.83 Å². The summed E-state index contributed by atoms with van der Waals surface area (Å²) in [6.07, 6.45) is 1.64. The summed E-state index contributed by atoms with van der Waals surface area (Å²) < 4.78 is 1.53. The molecule has 118 valence electrons. The molecule has 0 saturated carbocycles. The van der Waals surface area contributed by atoms with Gasteiger partial charge in [0.15, 0.2) is 5.16 Å². The van der Waals surface area contributed by atoms with Gasteiger partial charge in [-0.05, 0) is 11.4 Å². The van der Waals surface area contributed by atoms with Gasteiger partial charge in [0.05, 0.1) is 11.1 Å². The monoisotopic (exact) mass is 363 g/mol. The number of nitrogens with two attached hydrogens (primary N) is 1. The number of allylic oxidation sites excluding steroid dienone is 1. The number of nitrogens with zero attached hydrogens (tertiary/aromatic N) is 2. The highest BCUT2D eigenvalue weighted by atomic mass is 32.2. The highest BCUT2D eigenvalue weighted by Crippen LogP contribution is 2.34. The Balaban J connectivity index is 2.20. The predicted octanol–water partition coefficient (Wildman–Crippen LogP) is 2.95. The van der Waals surface area contributed by atoms with Crippen LogP contribution >= 0.6 is 34.4 Å². The second kappa shape index (κ2) is 6.69. The van der Waals surface area contributed by atoms with Crippen molar-refractivity contribution in [3.05, 3.63) is 45.9 Å². The fraction of sp³-hybridized carbons (Fsp3) is 0.133. The number of fused-ring (bicyclic) bond motifs is 1. The number of rotatable bonds is 6. The summed E-state index contributed by atoms with van der Waals surface area (Å²) in [5.41, 5.74) is 5.98. The van der Waals surface area contributed by atoms with Gasteiger partial charge in [0, 0.05) is 22.4 Å². The average molecular weight is 363 g/mol. The number of amides is 1. The topological polar surface area (TPSA) is 78.0 Å². The minimum absolute atomic E-state index is 0.0816. The lowest BCUT2D eigenvalue weighted by Crippen LogP contribution is -2.23. The minimum atomic E-state index is -0.444. The molecule has 0 atom stereocenters. The lowest BCUT2D eigenvalue weighted by molar-refractivity contribution is -0.115. The molecule has 1 amide bonds. The van der Waals surface area contributed by atoms with Gasteiger partial charge in [0.2, 0.25) is 5.91 Å². The molecule has 0 bridgehead atoms. The summed E-state index contributed by atoms with van der Waals surface area (Å²) in [7, 11) is 0. The van der Waals surface area contributed by atoms with E-state index in [-0.39, 0.29) is 11.3 Å². The van der Waals surface area contributed by atoms with Crippen LogP contribution in [0.25, 0.3) is 20.7 Å². The van der Waals surface area contributed by atoms with E-state index in [9.17, 15) is 9.59 Å². The van der Waals surface area contributed by atoms with Crippen LogP contribution in [0.4, 0.5) is 0 Å². The second-order valence-electron chi connectivity index (χ2n) is 4.66. The number of carbonyl (C=O) groups is 1. The van der Waals surface area contributed by atoms with Gasteiger partial charge in [-0.25, -0.2) is 4.98 Å².